The molecular weight excluding hydrogens is 444 g/mol. The average Bonchev–Trinajstić information content (AvgIpc) is 3.60. The van der Waals surface area contributed by atoms with Gasteiger partial charge in [0.05, 0.1) is 17.8 Å². The Bertz CT molecular complexity index is 1300. The summed E-state index contributed by atoms with van der Waals surface area (Å²) in [7, 11) is 0. The van der Waals surface area contributed by atoms with Crippen molar-refractivity contribution in [2.75, 3.05) is 24.5 Å². The Kier molecular flexibility index (Phi) is 5.26. The fraction of sp³-hybridized carbons (Fsp3) is 0.391. The average molecular weight is 468 g/mol. The van der Waals surface area contributed by atoms with Crippen molar-refractivity contribution in [3.63, 3.8) is 0 Å². The number of benzene rings is 1. The molecule has 2 saturated heterocycles. The van der Waals surface area contributed by atoms with E-state index in [0.29, 0.717) is 17.1 Å². The van der Waals surface area contributed by atoms with Crippen LogP contribution in [-0.4, -0.2) is 44.4 Å². The lowest BCUT2D eigenvalue weighted by atomic mass is 9.99. The summed E-state index contributed by atoms with van der Waals surface area (Å²) in [5.41, 5.74) is 1.90. The minimum atomic E-state index is -0.430. The van der Waals surface area contributed by atoms with E-state index in [-0.39, 0.29) is 6.04 Å². The third-order valence-corrected chi connectivity index (χ3v) is 7.70. The maximum atomic E-state index is 14.5. The lowest BCUT2D eigenvalue weighted by molar-refractivity contribution is 0.457. The lowest BCUT2D eigenvalue weighted by Crippen LogP contribution is -2.26. The van der Waals surface area contributed by atoms with Crippen LogP contribution in [0.5, 0.6) is 0 Å². The quantitative estimate of drug-likeness (QED) is 0.482. The van der Waals surface area contributed by atoms with E-state index in [1.54, 1.807) is 22.0 Å². The highest BCUT2D eigenvalue weighted by Crippen LogP contribution is 2.38. The van der Waals surface area contributed by atoms with Crippen LogP contribution in [-0.2, 0) is 0 Å². The number of aromatic nitrogens is 5. The van der Waals surface area contributed by atoms with Crippen molar-refractivity contribution >= 4 is 22.8 Å². The predicted molar refractivity (Wildman–Crippen MR) is 122 cm³/mol. The molecule has 1 aromatic carbocycles. The maximum Gasteiger partial charge on any atom is 0.167 e. The Morgan fingerprint density at radius 1 is 1.06 bits per heavy atom. The minimum absolute atomic E-state index is 0.255. The van der Waals surface area contributed by atoms with Gasteiger partial charge in [0.15, 0.2) is 10.7 Å². The van der Waals surface area contributed by atoms with E-state index in [0.717, 1.165) is 72.8 Å². The molecule has 6 rings (SSSR count). The number of piperidine rings is 1. The van der Waals surface area contributed by atoms with Crippen LogP contribution in [0.2, 0.25) is 0 Å². The standard InChI is InChI=1S/C23H23F2N7S/c24-15-3-4-18(25)16(12-15)19-2-1-10-31(19)20-7-11-32-21(28-20)17(13-27-32)23-30-29-22(33-23)14-5-8-26-9-6-14/h3-4,7,11-14,19,26H,1-2,5-6,8-10H2/t19-/m1/s1. The van der Waals surface area contributed by atoms with Crippen LogP contribution in [0, 0.1) is 11.6 Å². The number of hydrogen-bond donors (Lipinski definition) is 1. The summed E-state index contributed by atoms with van der Waals surface area (Å²) in [5.74, 6) is 0.340. The van der Waals surface area contributed by atoms with Gasteiger partial charge in [-0.15, -0.1) is 10.2 Å². The highest BCUT2D eigenvalue weighted by Gasteiger charge is 2.30. The molecule has 7 nitrogen and oxygen atoms in total. The number of nitrogens with one attached hydrogen (secondary N) is 1. The van der Waals surface area contributed by atoms with Crippen LogP contribution in [0.4, 0.5) is 14.6 Å². The third kappa shape index (κ3) is 3.76. The zero-order valence-corrected chi connectivity index (χ0v) is 18.7. The maximum absolute atomic E-state index is 14.5. The van der Waals surface area contributed by atoms with Gasteiger partial charge in [-0.2, -0.15) is 5.10 Å². The van der Waals surface area contributed by atoms with Crippen molar-refractivity contribution in [1.29, 1.82) is 0 Å². The molecule has 1 N–H and O–H groups in total. The summed E-state index contributed by atoms with van der Waals surface area (Å²) in [4.78, 5) is 6.93. The molecule has 3 aromatic heterocycles. The highest BCUT2D eigenvalue weighted by molar-refractivity contribution is 7.14. The summed E-state index contributed by atoms with van der Waals surface area (Å²) in [6.07, 6.45) is 7.39. The smallest absolute Gasteiger partial charge is 0.167 e. The second-order valence-corrected chi connectivity index (χ2v) is 9.61. The molecule has 4 aromatic rings. The van der Waals surface area contributed by atoms with Gasteiger partial charge in [-0.25, -0.2) is 18.3 Å². The molecule has 2 fully saturated rings. The van der Waals surface area contributed by atoms with Crippen molar-refractivity contribution in [2.24, 2.45) is 0 Å². The number of halogens is 2. The van der Waals surface area contributed by atoms with E-state index in [1.807, 2.05) is 12.3 Å². The van der Waals surface area contributed by atoms with Crippen LogP contribution < -0.4 is 10.2 Å². The highest BCUT2D eigenvalue weighted by atomic mass is 32.1. The van der Waals surface area contributed by atoms with Gasteiger partial charge in [0, 0.05) is 24.2 Å². The first-order valence-electron chi connectivity index (χ1n) is 11.3. The van der Waals surface area contributed by atoms with Gasteiger partial charge in [-0.3, -0.25) is 0 Å². The first kappa shape index (κ1) is 20.6. The first-order chi connectivity index (χ1) is 16.2. The van der Waals surface area contributed by atoms with Crippen LogP contribution in [0.1, 0.15) is 48.2 Å². The summed E-state index contributed by atoms with van der Waals surface area (Å²) < 4.78 is 30.1. The number of rotatable bonds is 4. The third-order valence-electron chi connectivity index (χ3n) is 6.58. The molecule has 170 valence electrons. The zero-order chi connectivity index (χ0) is 22.4. The summed E-state index contributed by atoms with van der Waals surface area (Å²) in [6.45, 7) is 2.74. The molecule has 0 aliphatic carbocycles. The molecular formula is C23H23F2N7S. The van der Waals surface area contributed by atoms with Gasteiger partial charge >= 0.3 is 0 Å². The second-order valence-electron chi connectivity index (χ2n) is 8.60. The molecule has 2 aliphatic rings. The Balaban J connectivity index is 1.34. The second kappa shape index (κ2) is 8.42. The first-order valence-corrected chi connectivity index (χ1v) is 12.1. The topological polar surface area (TPSA) is 71.2 Å². The number of hydrogen-bond acceptors (Lipinski definition) is 7. The molecule has 33 heavy (non-hydrogen) atoms. The minimum Gasteiger partial charge on any atom is -0.349 e. The van der Waals surface area contributed by atoms with E-state index in [2.05, 4.69) is 25.5 Å². The predicted octanol–water partition coefficient (Wildman–Crippen LogP) is 4.33. The molecule has 5 heterocycles. The van der Waals surface area contributed by atoms with Crippen LogP contribution in [0.3, 0.4) is 0 Å². The Morgan fingerprint density at radius 2 is 1.94 bits per heavy atom. The largest absolute Gasteiger partial charge is 0.349 e. The number of fused-ring (bicyclic) bond motifs is 1. The number of nitrogens with zero attached hydrogens (tertiary/aromatic N) is 6. The molecule has 2 aliphatic heterocycles. The fourth-order valence-corrected chi connectivity index (χ4v) is 5.90. The van der Waals surface area contributed by atoms with Crippen molar-refractivity contribution in [2.45, 2.75) is 37.6 Å². The molecule has 0 spiro atoms. The molecule has 10 heteroatoms. The molecule has 0 bridgehead atoms. The van der Waals surface area contributed by atoms with Crippen molar-refractivity contribution in [1.82, 2.24) is 30.1 Å². The van der Waals surface area contributed by atoms with Gasteiger partial charge in [-0.05, 0) is 63.0 Å². The molecule has 0 saturated carbocycles. The van der Waals surface area contributed by atoms with Gasteiger partial charge in [0.25, 0.3) is 0 Å². The van der Waals surface area contributed by atoms with Gasteiger partial charge in [0.2, 0.25) is 0 Å². The van der Waals surface area contributed by atoms with Crippen LogP contribution in [0.25, 0.3) is 16.2 Å². The van der Waals surface area contributed by atoms with E-state index in [4.69, 9.17) is 4.98 Å². The van der Waals surface area contributed by atoms with Gasteiger partial charge in [0.1, 0.15) is 22.5 Å². The fourth-order valence-electron chi connectivity index (χ4n) is 4.88. The molecule has 0 radical (unpaired) electrons. The lowest BCUT2D eigenvalue weighted by Gasteiger charge is -2.26. The van der Waals surface area contributed by atoms with Crippen molar-refractivity contribution in [3.05, 3.63) is 58.9 Å². The van der Waals surface area contributed by atoms with E-state index in [1.165, 1.54) is 12.1 Å². The molecule has 0 amide bonds. The van der Waals surface area contributed by atoms with Crippen LogP contribution in [0.15, 0.2) is 36.7 Å². The van der Waals surface area contributed by atoms with Crippen molar-refractivity contribution < 1.29 is 8.78 Å². The summed E-state index contributed by atoms with van der Waals surface area (Å²) >= 11 is 1.60. The molecule has 0 unspecified atom stereocenters. The zero-order valence-electron chi connectivity index (χ0n) is 17.9. The van der Waals surface area contributed by atoms with Crippen molar-refractivity contribution in [3.8, 4) is 10.6 Å². The Hall–Kier alpha value is -2.98. The Morgan fingerprint density at radius 3 is 2.82 bits per heavy atom. The SMILES string of the molecule is Fc1ccc(F)c([C@H]2CCCN2c2ccn3ncc(-c4nnc(C5CCNCC5)s4)c3n2)c1. The van der Waals surface area contributed by atoms with E-state index in [9.17, 15) is 8.78 Å². The van der Waals surface area contributed by atoms with E-state index >= 15 is 0 Å². The number of anilines is 1. The normalized spacial score (nSPS) is 19.6. The van der Waals surface area contributed by atoms with Crippen LogP contribution >= 0.6 is 11.3 Å². The van der Waals surface area contributed by atoms with Gasteiger partial charge < -0.3 is 10.2 Å². The summed E-state index contributed by atoms with van der Waals surface area (Å²) in [5, 5.41) is 18.6. The van der Waals surface area contributed by atoms with E-state index < -0.39 is 11.6 Å². The van der Waals surface area contributed by atoms with Gasteiger partial charge in [-0.1, -0.05) is 11.3 Å². The Labute approximate surface area is 193 Å². The monoisotopic (exact) mass is 467 g/mol. The molecule has 1 atom stereocenters. The summed E-state index contributed by atoms with van der Waals surface area (Å²) in [6, 6.07) is 5.27.